The molecule has 0 aromatic heterocycles. The van der Waals surface area contributed by atoms with Crippen LogP contribution in [0.3, 0.4) is 0 Å². The van der Waals surface area contributed by atoms with Crippen LogP contribution in [0.25, 0.3) is 0 Å². The predicted molar refractivity (Wildman–Crippen MR) is 71.9 cm³/mol. The third kappa shape index (κ3) is 8.12. The molecule has 0 aliphatic heterocycles. The Kier molecular flexibility index (Phi) is 6.57. The van der Waals surface area contributed by atoms with Crippen LogP contribution in [0.4, 0.5) is 0 Å². The van der Waals surface area contributed by atoms with Crippen molar-refractivity contribution in [3.8, 4) is 0 Å². The van der Waals surface area contributed by atoms with Gasteiger partial charge >= 0.3 is 0 Å². The van der Waals surface area contributed by atoms with Crippen LogP contribution in [0.15, 0.2) is 0 Å². The van der Waals surface area contributed by atoms with Crippen LogP contribution in [0.2, 0.25) is 0 Å². The molecule has 0 aromatic rings. The zero-order valence-corrected chi connectivity index (χ0v) is 12.3. The second-order valence-corrected chi connectivity index (χ2v) is 6.49. The molecule has 0 spiro atoms. The molecule has 0 radical (unpaired) electrons. The molecule has 0 amide bonds. The molecule has 0 atom stereocenters. The van der Waals surface area contributed by atoms with Gasteiger partial charge in [-0.15, -0.1) is 0 Å². The summed E-state index contributed by atoms with van der Waals surface area (Å²) in [5.41, 5.74) is 0.417. The van der Waals surface area contributed by atoms with E-state index < -0.39 is 0 Å². The summed E-state index contributed by atoms with van der Waals surface area (Å²) in [7, 11) is 1.80. The Labute approximate surface area is 102 Å². The topological polar surface area (TPSA) is 21.3 Å². The molecule has 1 N–H and O–H groups in total. The molecule has 0 aromatic carbocycles. The number of rotatable bonds is 8. The van der Waals surface area contributed by atoms with Gasteiger partial charge in [0.25, 0.3) is 0 Å². The van der Waals surface area contributed by atoms with Gasteiger partial charge in [-0.3, -0.25) is 0 Å². The average Bonchev–Trinajstić information content (AvgIpc) is 2.14. The Morgan fingerprint density at radius 2 is 1.56 bits per heavy atom. The maximum Gasteiger partial charge on any atom is 0.0623 e. The van der Waals surface area contributed by atoms with Gasteiger partial charge < -0.3 is 10.1 Å². The van der Waals surface area contributed by atoms with Gasteiger partial charge in [-0.1, -0.05) is 27.7 Å². The lowest BCUT2D eigenvalue weighted by atomic mass is 9.81. The highest BCUT2D eigenvalue weighted by Crippen LogP contribution is 2.30. The van der Waals surface area contributed by atoms with Crippen molar-refractivity contribution in [1.29, 1.82) is 0 Å². The first kappa shape index (κ1) is 15.9. The van der Waals surface area contributed by atoms with E-state index in [2.05, 4.69) is 46.9 Å². The maximum atomic E-state index is 5.46. The van der Waals surface area contributed by atoms with Gasteiger partial charge in [0.15, 0.2) is 0 Å². The van der Waals surface area contributed by atoms with Gasteiger partial charge in [0.1, 0.15) is 0 Å². The van der Waals surface area contributed by atoms with Crippen molar-refractivity contribution < 1.29 is 4.74 Å². The lowest BCUT2D eigenvalue weighted by molar-refractivity contribution is 0.00529. The van der Waals surface area contributed by atoms with Gasteiger partial charge in [0.2, 0.25) is 0 Å². The van der Waals surface area contributed by atoms with Crippen molar-refractivity contribution in [2.75, 3.05) is 13.7 Å². The minimum Gasteiger partial charge on any atom is -0.379 e. The molecule has 0 bridgehead atoms. The first-order valence-corrected chi connectivity index (χ1v) is 6.47. The second-order valence-electron chi connectivity index (χ2n) is 6.49. The van der Waals surface area contributed by atoms with E-state index in [4.69, 9.17) is 4.74 Å². The summed E-state index contributed by atoms with van der Waals surface area (Å²) >= 11 is 0. The van der Waals surface area contributed by atoms with E-state index in [1.54, 1.807) is 7.11 Å². The SMILES string of the molecule is COC(C)(C)CCC(C)(C)CCNC(C)C. The van der Waals surface area contributed by atoms with Crippen LogP contribution < -0.4 is 5.32 Å². The van der Waals surface area contributed by atoms with Gasteiger partial charge in [0.05, 0.1) is 5.60 Å². The van der Waals surface area contributed by atoms with Gasteiger partial charge in [-0.05, 0) is 45.1 Å². The second kappa shape index (κ2) is 6.61. The minimum atomic E-state index is 0.0166. The maximum absolute atomic E-state index is 5.46. The van der Waals surface area contributed by atoms with Crippen molar-refractivity contribution >= 4 is 0 Å². The highest BCUT2D eigenvalue weighted by molar-refractivity contribution is 4.76. The summed E-state index contributed by atoms with van der Waals surface area (Å²) in [4.78, 5) is 0. The fraction of sp³-hybridized carbons (Fsp3) is 1.00. The van der Waals surface area contributed by atoms with Crippen LogP contribution in [-0.4, -0.2) is 25.3 Å². The molecule has 0 rings (SSSR count). The normalized spacial score (nSPS) is 13.5. The average molecular weight is 229 g/mol. The van der Waals surface area contributed by atoms with Gasteiger partial charge in [0, 0.05) is 13.2 Å². The Morgan fingerprint density at radius 3 is 2.00 bits per heavy atom. The summed E-state index contributed by atoms with van der Waals surface area (Å²) in [5, 5.41) is 3.48. The van der Waals surface area contributed by atoms with E-state index >= 15 is 0 Å². The summed E-state index contributed by atoms with van der Waals surface area (Å²) < 4.78 is 5.46. The summed E-state index contributed by atoms with van der Waals surface area (Å²) in [6.07, 6.45) is 3.57. The summed E-state index contributed by atoms with van der Waals surface area (Å²) in [6.45, 7) is 14.5. The van der Waals surface area contributed by atoms with Crippen LogP contribution in [0, 0.1) is 5.41 Å². The molecule has 0 saturated heterocycles. The molecular weight excluding hydrogens is 198 g/mol. The quantitative estimate of drug-likeness (QED) is 0.686. The first-order chi connectivity index (χ1) is 7.18. The predicted octanol–water partition coefficient (Wildman–Crippen LogP) is 3.61. The summed E-state index contributed by atoms with van der Waals surface area (Å²) in [6, 6.07) is 0.589. The van der Waals surface area contributed by atoms with Gasteiger partial charge in [-0.25, -0.2) is 0 Å². The highest BCUT2D eigenvalue weighted by Gasteiger charge is 2.23. The van der Waals surface area contributed by atoms with Crippen LogP contribution in [-0.2, 0) is 4.74 Å². The molecule has 2 heteroatoms. The van der Waals surface area contributed by atoms with E-state index in [1.807, 2.05) is 0 Å². The Balaban J connectivity index is 3.86. The molecule has 16 heavy (non-hydrogen) atoms. The van der Waals surface area contributed by atoms with Crippen molar-refractivity contribution in [1.82, 2.24) is 5.32 Å². The fourth-order valence-corrected chi connectivity index (χ4v) is 1.57. The molecule has 0 unspecified atom stereocenters. The van der Waals surface area contributed by atoms with Crippen LogP contribution in [0.5, 0.6) is 0 Å². The molecule has 0 saturated carbocycles. The number of ether oxygens (including phenoxy) is 1. The Hall–Kier alpha value is -0.0800. The lowest BCUT2D eigenvalue weighted by Gasteiger charge is -2.30. The minimum absolute atomic E-state index is 0.0166. The zero-order chi connectivity index (χ0) is 12.8. The molecule has 2 nitrogen and oxygen atoms in total. The number of hydrogen-bond donors (Lipinski definition) is 1. The monoisotopic (exact) mass is 229 g/mol. The molecule has 0 fully saturated rings. The smallest absolute Gasteiger partial charge is 0.0623 e. The number of methoxy groups -OCH3 is 1. The number of hydrogen-bond acceptors (Lipinski definition) is 2. The molecule has 0 heterocycles. The van der Waals surface area contributed by atoms with E-state index in [0.717, 1.165) is 13.0 Å². The molecule has 98 valence electrons. The van der Waals surface area contributed by atoms with Crippen molar-refractivity contribution in [3.63, 3.8) is 0 Å². The first-order valence-electron chi connectivity index (χ1n) is 6.47. The lowest BCUT2D eigenvalue weighted by Crippen LogP contribution is -2.30. The summed E-state index contributed by atoms with van der Waals surface area (Å²) in [5.74, 6) is 0. The van der Waals surface area contributed by atoms with Crippen LogP contribution in [0.1, 0.15) is 60.8 Å². The van der Waals surface area contributed by atoms with Crippen LogP contribution >= 0.6 is 0 Å². The molecule has 0 aliphatic carbocycles. The largest absolute Gasteiger partial charge is 0.379 e. The Morgan fingerprint density at radius 1 is 1.00 bits per heavy atom. The molecular formula is C14H31NO. The van der Waals surface area contributed by atoms with E-state index in [0.29, 0.717) is 11.5 Å². The third-order valence-corrected chi connectivity index (χ3v) is 3.31. The van der Waals surface area contributed by atoms with E-state index in [-0.39, 0.29) is 5.60 Å². The highest BCUT2D eigenvalue weighted by atomic mass is 16.5. The van der Waals surface area contributed by atoms with Crippen molar-refractivity contribution in [2.45, 2.75) is 72.4 Å². The van der Waals surface area contributed by atoms with Gasteiger partial charge in [-0.2, -0.15) is 0 Å². The third-order valence-electron chi connectivity index (χ3n) is 3.31. The van der Waals surface area contributed by atoms with Crippen molar-refractivity contribution in [3.05, 3.63) is 0 Å². The van der Waals surface area contributed by atoms with Crippen molar-refractivity contribution in [2.24, 2.45) is 5.41 Å². The standard InChI is InChI=1S/C14H31NO/c1-12(2)15-11-10-13(3,4)8-9-14(5,6)16-7/h12,15H,8-11H2,1-7H3. The van der Waals surface area contributed by atoms with E-state index in [1.165, 1.54) is 12.8 Å². The number of nitrogens with one attached hydrogen (secondary N) is 1. The Bertz CT molecular complexity index is 185. The zero-order valence-electron chi connectivity index (χ0n) is 12.3. The molecule has 0 aliphatic rings. The van der Waals surface area contributed by atoms with E-state index in [9.17, 15) is 0 Å². The fourth-order valence-electron chi connectivity index (χ4n) is 1.57.